The Morgan fingerprint density at radius 1 is 0.600 bits per heavy atom. The van der Waals surface area contributed by atoms with Crippen LogP contribution in [-0.2, 0) is 0 Å². The average molecular weight is 807 g/mol. The van der Waals surface area contributed by atoms with Crippen LogP contribution in [0.1, 0.15) is 75.3 Å². The fraction of sp³-hybridized carbons (Fsp3) is 0.480. The molecule has 10 nitrogen and oxygen atoms in total. The standard InChI is InChI=1S/C50H58N6O4/c1-5-31-27-55-21-17-33(31)23-47(55)43(37-15-19-51-45-13-11-35(57-3)25-41(37)45)29-59-49-39-9-7-8-10-40(39)50(54-53-49)60-30-44(48-24-34-18-22-56(48)28-32(34)6-2)38-16-20-52-46-14-12-36(58-4)26-42(38)46/h7-16,19-20,25-26,31-34,43-44,47-48H,5-6,17-18,21-24,27-30H2,1-4H3/t31?,32?,33-,34?,43-,44-,47+,48+/m1/s1. The third kappa shape index (κ3) is 7.19. The molecule has 3 aromatic carbocycles. The highest BCUT2D eigenvalue weighted by Gasteiger charge is 2.45. The predicted octanol–water partition coefficient (Wildman–Crippen LogP) is 9.31. The number of piperidine rings is 6. The number of nitrogens with zero attached hydrogens (tertiary/aromatic N) is 6. The van der Waals surface area contributed by atoms with Gasteiger partial charge in [-0.1, -0.05) is 38.8 Å². The molecule has 6 aromatic rings. The summed E-state index contributed by atoms with van der Waals surface area (Å²) in [5, 5.41) is 13.6. The molecule has 6 aliphatic heterocycles. The van der Waals surface area contributed by atoms with Crippen LogP contribution in [-0.4, -0.2) is 95.7 Å². The maximum absolute atomic E-state index is 6.89. The molecule has 10 heteroatoms. The van der Waals surface area contributed by atoms with Gasteiger partial charge in [-0.25, -0.2) is 0 Å². The largest absolute Gasteiger partial charge is 0.497 e. The number of fused-ring (bicyclic) bond motifs is 9. The van der Waals surface area contributed by atoms with E-state index in [1.807, 2.05) is 36.7 Å². The summed E-state index contributed by atoms with van der Waals surface area (Å²) >= 11 is 0. The topological polar surface area (TPSA) is 95.0 Å². The third-order valence-electron chi connectivity index (χ3n) is 15.0. The zero-order valence-corrected chi connectivity index (χ0v) is 35.5. The molecule has 312 valence electrons. The van der Waals surface area contributed by atoms with Crippen LogP contribution in [0.2, 0.25) is 0 Å². The van der Waals surface area contributed by atoms with Crippen molar-refractivity contribution >= 4 is 32.6 Å². The predicted molar refractivity (Wildman–Crippen MR) is 236 cm³/mol. The molecule has 3 aromatic heterocycles. The Balaban J connectivity index is 0.967. The summed E-state index contributed by atoms with van der Waals surface area (Å²) in [6.07, 6.45) is 11.2. The summed E-state index contributed by atoms with van der Waals surface area (Å²) in [4.78, 5) is 15.0. The number of pyridine rings is 2. The maximum Gasteiger partial charge on any atom is 0.241 e. The number of hydrogen-bond donors (Lipinski definition) is 0. The SMILES string of the molecule is CCC1C[N@@]2CCC1C[C@H]2[C@H](COc1nnc(OC[C@H](c2ccnc3ccc(OC)cc23)[C@@H]2C[C@H]3CCN2CC3CC)c2ccccc12)c1ccnc2ccc(OC)cc12. The van der Waals surface area contributed by atoms with Gasteiger partial charge < -0.3 is 18.9 Å². The molecular weight excluding hydrogens is 749 g/mol. The molecule has 60 heavy (non-hydrogen) atoms. The minimum Gasteiger partial charge on any atom is -0.497 e. The van der Waals surface area contributed by atoms with E-state index in [0.717, 1.165) is 93.9 Å². The molecular formula is C50H58N6O4. The molecule has 4 unspecified atom stereocenters. The van der Waals surface area contributed by atoms with Gasteiger partial charge in [0.15, 0.2) is 0 Å². The number of benzene rings is 3. The molecule has 0 saturated carbocycles. The van der Waals surface area contributed by atoms with Gasteiger partial charge in [-0.2, -0.15) is 0 Å². The summed E-state index contributed by atoms with van der Waals surface area (Å²) in [5.41, 5.74) is 4.42. The van der Waals surface area contributed by atoms with Gasteiger partial charge in [0.2, 0.25) is 11.8 Å². The van der Waals surface area contributed by atoms with E-state index in [2.05, 4.69) is 72.2 Å². The minimum atomic E-state index is 0.0994. The van der Waals surface area contributed by atoms with Crippen molar-refractivity contribution in [3.05, 3.63) is 96.3 Å². The Morgan fingerprint density at radius 2 is 1.07 bits per heavy atom. The quantitative estimate of drug-likeness (QED) is 0.106. The number of ether oxygens (including phenoxy) is 4. The summed E-state index contributed by atoms with van der Waals surface area (Å²) in [7, 11) is 3.45. The lowest BCUT2D eigenvalue weighted by atomic mass is 9.70. The van der Waals surface area contributed by atoms with Gasteiger partial charge in [0.1, 0.15) is 11.5 Å². The van der Waals surface area contributed by atoms with Crippen LogP contribution in [0.15, 0.2) is 85.2 Å². The van der Waals surface area contributed by atoms with E-state index in [0.29, 0.717) is 37.1 Å². The van der Waals surface area contributed by atoms with Crippen molar-refractivity contribution in [2.75, 3.05) is 53.6 Å². The van der Waals surface area contributed by atoms with Crippen LogP contribution >= 0.6 is 0 Å². The monoisotopic (exact) mass is 806 g/mol. The number of rotatable bonds is 14. The van der Waals surface area contributed by atoms with Crippen molar-refractivity contribution in [3.63, 3.8) is 0 Å². The van der Waals surface area contributed by atoms with E-state index in [4.69, 9.17) is 39.1 Å². The van der Waals surface area contributed by atoms with Crippen molar-refractivity contribution in [1.82, 2.24) is 30.0 Å². The van der Waals surface area contributed by atoms with Crippen molar-refractivity contribution in [2.45, 2.75) is 76.3 Å². The molecule has 0 aliphatic carbocycles. The second-order valence-corrected chi connectivity index (χ2v) is 17.8. The van der Waals surface area contributed by atoms with E-state index in [-0.39, 0.29) is 11.8 Å². The molecule has 6 saturated heterocycles. The highest BCUT2D eigenvalue weighted by Crippen LogP contribution is 2.46. The first-order valence-corrected chi connectivity index (χ1v) is 22.4. The van der Waals surface area contributed by atoms with Gasteiger partial charge in [0, 0.05) is 60.2 Å². The summed E-state index contributed by atoms with van der Waals surface area (Å²) < 4.78 is 25.2. The Kier molecular flexibility index (Phi) is 10.9. The lowest BCUT2D eigenvalue weighted by Gasteiger charge is -2.52. The average Bonchev–Trinajstić information content (AvgIpc) is 3.32. The molecule has 4 bridgehead atoms. The van der Waals surface area contributed by atoms with Gasteiger partial charge >= 0.3 is 0 Å². The fourth-order valence-electron chi connectivity index (χ4n) is 11.7. The second kappa shape index (κ2) is 16.8. The van der Waals surface area contributed by atoms with Crippen molar-refractivity contribution in [1.29, 1.82) is 0 Å². The van der Waals surface area contributed by atoms with Crippen LogP contribution in [0, 0.1) is 23.7 Å². The van der Waals surface area contributed by atoms with Crippen LogP contribution in [0.5, 0.6) is 23.3 Å². The maximum atomic E-state index is 6.89. The molecule has 0 N–H and O–H groups in total. The molecule has 0 radical (unpaired) electrons. The van der Waals surface area contributed by atoms with Crippen molar-refractivity contribution in [2.24, 2.45) is 23.7 Å². The molecule has 9 heterocycles. The first-order chi connectivity index (χ1) is 29.5. The summed E-state index contributed by atoms with van der Waals surface area (Å²) in [5.74, 6) is 5.91. The molecule has 6 aliphatic rings. The second-order valence-electron chi connectivity index (χ2n) is 17.8. The van der Waals surface area contributed by atoms with E-state index in [1.54, 1.807) is 14.2 Å². The Labute approximate surface area is 353 Å². The van der Waals surface area contributed by atoms with E-state index < -0.39 is 0 Å². The van der Waals surface area contributed by atoms with Crippen molar-refractivity contribution < 1.29 is 18.9 Å². The highest BCUT2D eigenvalue weighted by molar-refractivity contribution is 5.90. The van der Waals surface area contributed by atoms with Gasteiger partial charge in [0.25, 0.3) is 0 Å². The third-order valence-corrected chi connectivity index (χ3v) is 15.0. The van der Waals surface area contributed by atoms with Gasteiger partial charge in [-0.15, -0.1) is 10.2 Å². The first kappa shape index (κ1) is 39.1. The Morgan fingerprint density at radius 3 is 1.47 bits per heavy atom. The lowest BCUT2D eigenvalue weighted by Crippen LogP contribution is -2.55. The summed E-state index contributed by atoms with van der Waals surface area (Å²) in [6, 6.07) is 25.7. The molecule has 6 fully saturated rings. The number of aromatic nitrogens is 4. The molecule has 10 atom stereocenters. The minimum absolute atomic E-state index is 0.0994. The zero-order chi connectivity index (χ0) is 40.7. The van der Waals surface area contributed by atoms with Crippen molar-refractivity contribution in [3.8, 4) is 23.3 Å². The Hall–Kier alpha value is -5.06. The highest BCUT2D eigenvalue weighted by atomic mass is 16.5. The normalized spacial score (nSPS) is 26.9. The molecule has 12 rings (SSSR count). The molecule has 0 amide bonds. The number of methoxy groups -OCH3 is 2. The van der Waals surface area contributed by atoms with Gasteiger partial charge in [-0.3, -0.25) is 19.8 Å². The zero-order valence-electron chi connectivity index (χ0n) is 35.5. The van der Waals surface area contributed by atoms with E-state index in [1.165, 1.54) is 49.7 Å². The lowest BCUT2D eigenvalue weighted by molar-refractivity contribution is -0.0177. The first-order valence-electron chi connectivity index (χ1n) is 22.4. The number of hydrogen-bond acceptors (Lipinski definition) is 10. The van der Waals surface area contributed by atoms with Gasteiger partial charge in [0.05, 0.1) is 49.2 Å². The van der Waals surface area contributed by atoms with Crippen LogP contribution in [0.3, 0.4) is 0 Å². The van der Waals surface area contributed by atoms with Crippen LogP contribution in [0.4, 0.5) is 0 Å². The Bertz CT molecular complexity index is 2310. The van der Waals surface area contributed by atoms with Gasteiger partial charge in [-0.05, 0) is 134 Å². The van der Waals surface area contributed by atoms with Crippen LogP contribution < -0.4 is 18.9 Å². The smallest absolute Gasteiger partial charge is 0.241 e. The van der Waals surface area contributed by atoms with Crippen LogP contribution in [0.25, 0.3) is 32.6 Å². The van der Waals surface area contributed by atoms with E-state index >= 15 is 0 Å². The molecule has 0 spiro atoms. The summed E-state index contributed by atoms with van der Waals surface area (Å²) in [6.45, 7) is 10.2. The fourth-order valence-corrected chi connectivity index (χ4v) is 11.7. The van der Waals surface area contributed by atoms with E-state index in [9.17, 15) is 0 Å².